The van der Waals surface area contributed by atoms with Gasteiger partial charge in [-0.05, 0) is 56.4 Å². The van der Waals surface area contributed by atoms with Gasteiger partial charge in [0.05, 0.1) is 5.56 Å². The summed E-state index contributed by atoms with van der Waals surface area (Å²) in [5.74, 6) is 0.435. The molecule has 2 heterocycles. The first-order chi connectivity index (χ1) is 14.9. The van der Waals surface area contributed by atoms with Crippen LogP contribution in [-0.2, 0) is 4.79 Å². The van der Waals surface area contributed by atoms with Crippen molar-refractivity contribution >= 4 is 35.0 Å². The molecule has 1 aromatic carbocycles. The van der Waals surface area contributed by atoms with Crippen molar-refractivity contribution in [3.63, 3.8) is 0 Å². The highest BCUT2D eigenvalue weighted by Crippen LogP contribution is 2.29. The molecule has 2 fully saturated rings. The van der Waals surface area contributed by atoms with Crippen molar-refractivity contribution in [2.24, 2.45) is 5.73 Å². The molecule has 2 aromatic rings. The SMILES string of the molecule is CN(C)C(=O)C1CCCCN1c1ccc(Nc2ncc(C(N)=O)c(NC3CC3)n2)cc1. The van der Waals surface area contributed by atoms with E-state index in [9.17, 15) is 9.59 Å². The summed E-state index contributed by atoms with van der Waals surface area (Å²) in [6.07, 6.45) is 6.57. The summed E-state index contributed by atoms with van der Waals surface area (Å²) in [5, 5.41) is 6.41. The Hall–Kier alpha value is -3.36. The van der Waals surface area contributed by atoms with Gasteiger partial charge in [-0.25, -0.2) is 4.98 Å². The molecule has 9 heteroatoms. The molecule has 2 amide bonds. The first kappa shape index (κ1) is 20.9. The van der Waals surface area contributed by atoms with Gasteiger partial charge in [0.2, 0.25) is 11.9 Å². The fraction of sp³-hybridized carbons (Fsp3) is 0.455. The molecule has 1 saturated carbocycles. The Labute approximate surface area is 182 Å². The van der Waals surface area contributed by atoms with Crippen molar-refractivity contribution in [1.82, 2.24) is 14.9 Å². The summed E-state index contributed by atoms with van der Waals surface area (Å²) in [7, 11) is 3.61. The monoisotopic (exact) mass is 423 g/mol. The number of anilines is 4. The molecule has 0 bridgehead atoms. The van der Waals surface area contributed by atoms with Gasteiger partial charge in [-0.3, -0.25) is 9.59 Å². The Bertz CT molecular complexity index is 957. The molecule has 164 valence electrons. The zero-order chi connectivity index (χ0) is 22.0. The predicted octanol–water partition coefficient (Wildman–Crippen LogP) is 2.34. The topological polar surface area (TPSA) is 116 Å². The summed E-state index contributed by atoms with van der Waals surface area (Å²) in [4.78, 5) is 36.8. The van der Waals surface area contributed by atoms with Crippen LogP contribution in [0.15, 0.2) is 30.5 Å². The van der Waals surface area contributed by atoms with E-state index in [1.807, 2.05) is 24.3 Å². The Morgan fingerprint density at radius 1 is 1.13 bits per heavy atom. The maximum absolute atomic E-state index is 12.6. The number of rotatable bonds is 7. The van der Waals surface area contributed by atoms with E-state index in [1.54, 1.807) is 19.0 Å². The van der Waals surface area contributed by atoms with Crippen LogP contribution in [0, 0.1) is 0 Å². The minimum atomic E-state index is -0.553. The van der Waals surface area contributed by atoms with Gasteiger partial charge in [0.25, 0.3) is 5.91 Å². The van der Waals surface area contributed by atoms with Gasteiger partial charge < -0.3 is 26.2 Å². The van der Waals surface area contributed by atoms with Crippen LogP contribution >= 0.6 is 0 Å². The summed E-state index contributed by atoms with van der Waals surface area (Å²) in [6, 6.07) is 8.11. The van der Waals surface area contributed by atoms with Crippen LogP contribution in [0.3, 0.4) is 0 Å². The summed E-state index contributed by atoms with van der Waals surface area (Å²) in [5.41, 5.74) is 7.57. The number of hydrogen-bond donors (Lipinski definition) is 3. The second-order valence-electron chi connectivity index (χ2n) is 8.35. The number of carbonyl (C=O) groups excluding carboxylic acids is 2. The maximum Gasteiger partial charge on any atom is 0.254 e. The smallest absolute Gasteiger partial charge is 0.254 e. The Morgan fingerprint density at radius 2 is 1.87 bits per heavy atom. The number of nitrogens with zero attached hydrogens (tertiary/aromatic N) is 4. The first-order valence-electron chi connectivity index (χ1n) is 10.7. The van der Waals surface area contributed by atoms with Crippen molar-refractivity contribution in [3.8, 4) is 0 Å². The van der Waals surface area contributed by atoms with Crippen LogP contribution in [0.4, 0.5) is 23.1 Å². The van der Waals surface area contributed by atoms with Crippen LogP contribution in [0.5, 0.6) is 0 Å². The molecule has 1 unspecified atom stereocenters. The number of nitrogens with one attached hydrogen (secondary N) is 2. The fourth-order valence-corrected chi connectivity index (χ4v) is 3.81. The van der Waals surface area contributed by atoms with Gasteiger partial charge >= 0.3 is 0 Å². The predicted molar refractivity (Wildman–Crippen MR) is 121 cm³/mol. The average Bonchev–Trinajstić information content (AvgIpc) is 3.58. The van der Waals surface area contributed by atoms with E-state index in [4.69, 9.17) is 5.73 Å². The largest absolute Gasteiger partial charge is 0.367 e. The Kier molecular flexibility index (Phi) is 5.92. The third-order valence-electron chi connectivity index (χ3n) is 5.66. The molecule has 0 spiro atoms. The van der Waals surface area contributed by atoms with Gasteiger partial charge in [0, 0.05) is 44.3 Å². The lowest BCUT2D eigenvalue weighted by Crippen LogP contribution is -2.49. The highest BCUT2D eigenvalue weighted by molar-refractivity contribution is 5.97. The van der Waals surface area contributed by atoms with Crippen molar-refractivity contribution in [1.29, 1.82) is 0 Å². The molecule has 2 aliphatic rings. The van der Waals surface area contributed by atoms with E-state index in [1.165, 1.54) is 6.20 Å². The number of piperidine rings is 1. The molecule has 1 aliphatic carbocycles. The molecule has 1 aliphatic heterocycles. The Morgan fingerprint density at radius 3 is 2.52 bits per heavy atom. The quantitative estimate of drug-likeness (QED) is 0.626. The van der Waals surface area contributed by atoms with Crippen LogP contribution in [0.1, 0.15) is 42.5 Å². The first-order valence-corrected chi connectivity index (χ1v) is 10.7. The van der Waals surface area contributed by atoms with Gasteiger partial charge in [0.15, 0.2) is 0 Å². The number of likely N-dealkylation sites (N-methyl/N-ethyl adjacent to an activating group) is 1. The second kappa shape index (κ2) is 8.79. The van der Waals surface area contributed by atoms with Crippen LogP contribution < -0.4 is 21.3 Å². The molecular formula is C22H29N7O2. The minimum absolute atomic E-state index is 0.122. The number of amides is 2. The number of benzene rings is 1. The van der Waals surface area contributed by atoms with E-state index < -0.39 is 5.91 Å². The lowest BCUT2D eigenvalue weighted by Gasteiger charge is -2.37. The van der Waals surface area contributed by atoms with Crippen molar-refractivity contribution < 1.29 is 9.59 Å². The lowest BCUT2D eigenvalue weighted by molar-refractivity contribution is -0.130. The normalized spacial score (nSPS) is 18.4. The highest BCUT2D eigenvalue weighted by Gasteiger charge is 2.30. The van der Waals surface area contributed by atoms with Gasteiger partial charge in [-0.1, -0.05) is 0 Å². The van der Waals surface area contributed by atoms with Gasteiger partial charge in [-0.2, -0.15) is 4.98 Å². The van der Waals surface area contributed by atoms with Crippen LogP contribution in [0.2, 0.25) is 0 Å². The third kappa shape index (κ3) is 4.87. The van der Waals surface area contributed by atoms with Crippen LogP contribution in [0.25, 0.3) is 0 Å². The zero-order valence-corrected chi connectivity index (χ0v) is 18.0. The molecule has 4 N–H and O–H groups in total. The van der Waals surface area contributed by atoms with E-state index in [0.29, 0.717) is 17.8 Å². The molecule has 1 aromatic heterocycles. The summed E-state index contributed by atoms with van der Waals surface area (Å²) >= 11 is 0. The molecule has 0 radical (unpaired) electrons. The highest BCUT2D eigenvalue weighted by atomic mass is 16.2. The van der Waals surface area contributed by atoms with E-state index in [2.05, 4.69) is 25.5 Å². The maximum atomic E-state index is 12.6. The van der Waals surface area contributed by atoms with Gasteiger partial charge in [-0.15, -0.1) is 0 Å². The minimum Gasteiger partial charge on any atom is -0.367 e. The van der Waals surface area contributed by atoms with Crippen molar-refractivity contribution in [2.75, 3.05) is 36.2 Å². The Balaban J connectivity index is 1.49. The molecule has 31 heavy (non-hydrogen) atoms. The third-order valence-corrected chi connectivity index (χ3v) is 5.66. The van der Waals surface area contributed by atoms with E-state index in [0.717, 1.165) is 50.0 Å². The lowest BCUT2D eigenvalue weighted by atomic mass is 10.00. The summed E-state index contributed by atoms with van der Waals surface area (Å²) < 4.78 is 0. The molecule has 9 nitrogen and oxygen atoms in total. The van der Waals surface area contributed by atoms with Gasteiger partial charge in [0.1, 0.15) is 11.9 Å². The van der Waals surface area contributed by atoms with E-state index >= 15 is 0 Å². The molecular weight excluding hydrogens is 394 g/mol. The molecule has 1 atom stereocenters. The molecule has 1 saturated heterocycles. The van der Waals surface area contributed by atoms with Crippen molar-refractivity contribution in [3.05, 3.63) is 36.0 Å². The van der Waals surface area contributed by atoms with Crippen molar-refractivity contribution in [2.45, 2.75) is 44.2 Å². The fourth-order valence-electron chi connectivity index (χ4n) is 3.81. The molecule has 4 rings (SSSR count). The number of aromatic nitrogens is 2. The number of hydrogen-bond acceptors (Lipinski definition) is 7. The number of nitrogens with two attached hydrogens (primary N) is 1. The number of primary amides is 1. The standard InChI is InChI=1S/C22H29N7O2/c1-28(2)21(31)18-5-3-4-12-29(18)16-10-8-15(9-11-16)26-22-24-13-17(19(23)30)20(27-22)25-14-6-7-14/h8-11,13-14,18H,3-7,12H2,1-2H3,(H2,23,30)(H2,24,25,26,27). The van der Waals surface area contributed by atoms with E-state index in [-0.39, 0.29) is 17.5 Å². The average molecular weight is 424 g/mol. The van der Waals surface area contributed by atoms with Crippen LogP contribution in [-0.4, -0.2) is 59.4 Å². The zero-order valence-electron chi connectivity index (χ0n) is 18.0. The second-order valence-corrected chi connectivity index (χ2v) is 8.35. The number of carbonyl (C=O) groups is 2. The summed E-state index contributed by atoms with van der Waals surface area (Å²) in [6.45, 7) is 0.866.